The van der Waals surface area contributed by atoms with Gasteiger partial charge in [-0.3, -0.25) is 4.68 Å². The third-order valence-electron chi connectivity index (χ3n) is 6.24. The summed E-state index contributed by atoms with van der Waals surface area (Å²) >= 11 is 12.3. The number of morpholine rings is 1. The Balaban J connectivity index is 1.38. The fourth-order valence-corrected chi connectivity index (χ4v) is 4.62. The van der Waals surface area contributed by atoms with Gasteiger partial charge in [-0.25, -0.2) is 14.5 Å². The zero-order valence-corrected chi connectivity index (χ0v) is 21.4. The summed E-state index contributed by atoms with van der Waals surface area (Å²) in [7, 11) is 0. The lowest BCUT2D eigenvalue weighted by Gasteiger charge is -2.28. The van der Waals surface area contributed by atoms with E-state index < -0.39 is 0 Å². The first-order valence-corrected chi connectivity index (χ1v) is 12.6. The molecule has 0 amide bonds. The minimum absolute atomic E-state index is 0.264. The van der Waals surface area contributed by atoms with Gasteiger partial charge in [-0.05, 0) is 26.0 Å². The Labute approximate surface area is 217 Å². The standard InChI is InChI=1S/C24H25Cl2N9O/c1-14(2)34-13-15(10-29-34)21-11-28-24-20(9-23(32-35(21)24)33-3-5-36-6-4-33)27-12-22-30-18-7-16(25)17(26)8-19(18)31-22/h7-11,13-14,27H,3-6,12H2,1-2H3,(H,30,31). The zero-order valence-electron chi connectivity index (χ0n) is 19.9. The van der Waals surface area contributed by atoms with Crippen LogP contribution in [0.2, 0.25) is 10.0 Å². The molecule has 0 bridgehead atoms. The number of rotatable bonds is 6. The molecule has 186 valence electrons. The predicted octanol–water partition coefficient (Wildman–Crippen LogP) is 4.81. The number of hydrogen-bond acceptors (Lipinski definition) is 7. The predicted molar refractivity (Wildman–Crippen MR) is 141 cm³/mol. The molecule has 1 aliphatic rings. The molecule has 12 heteroatoms. The maximum Gasteiger partial charge on any atom is 0.177 e. The summed E-state index contributed by atoms with van der Waals surface area (Å²) in [6, 6.07) is 5.85. The number of imidazole rings is 2. The molecule has 6 rings (SSSR count). The van der Waals surface area contributed by atoms with Crippen LogP contribution < -0.4 is 10.2 Å². The first-order valence-electron chi connectivity index (χ1n) is 11.8. The van der Waals surface area contributed by atoms with Crippen molar-refractivity contribution in [2.45, 2.75) is 26.4 Å². The van der Waals surface area contributed by atoms with E-state index in [1.54, 1.807) is 12.1 Å². The highest BCUT2D eigenvalue weighted by Crippen LogP contribution is 2.29. The molecular formula is C24H25Cl2N9O. The molecule has 1 saturated heterocycles. The van der Waals surface area contributed by atoms with Gasteiger partial charge in [0.05, 0.1) is 64.6 Å². The van der Waals surface area contributed by atoms with E-state index in [4.69, 9.17) is 38.0 Å². The van der Waals surface area contributed by atoms with Crippen LogP contribution in [0.5, 0.6) is 0 Å². The van der Waals surface area contributed by atoms with Gasteiger partial charge >= 0.3 is 0 Å². The van der Waals surface area contributed by atoms with E-state index in [2.05, 4.69) is 39.1 Å². The van der Waals surface area contributed by atoms with Crippen LogP contribution in [0.1, 0.15) is 25.7 Å². The number of fused-ring (bicyclic) bond motifs is 2. The molecule has 0 radical (unpaired) electrons. The van der Waals surface area contributed by atoms with E-state index in [0.29, 0.717) is 29.8 Å². The first-order chi connectivity index (χ1) is 17.5. The molecule has 4 aromatic heterocycles. The second-order valence-electron chi connectivity index (χ2n) is 9.02. The molecule has 36 heavy (non-hydrogen) atoms. The number of nitrogens with zero attached hydrogens (tertiary/aromatic N) is 7. The summed E-state index contributed by atoms with van der Waals surface area (Å²) in [5, 5.41) is 13.9. The molecule has 5 heterocycles. The third-order valence-corrected chi connectivity index (χ3v) is 6.96. The molecule has 10 nitrogen and oxygen atoms in total. The minimum Gasteiger partial charge on any atom is -0.378 e. The Morgan fingerprint density at radius 3 is 2.69 bits per heavy atom. The normalized spacial score (nSPS) is 14.4. The number of anilines is 2. The molecule has 2 N–H and O–H groups in total. The van der Waals surface area contributed by atoms with Gasteiger partial charge < -0.3 is 19.9 Å². The Bertz CT molecular complexity index is 1510. The maximum atomic E-state index is 6.17. The maximum absolute atomic E-state index is 6.17. The lowest BCUT2D eigenvalue weighted by atomic mass is 10.3. The topological polar surface area (TPSA) is 101 Å². The highest BCUT2D eigenvalue weighted by Gasteiger charge is 2.19. The quantitative estimate of drug-likeness (QED) is 0.328. The van der Waals surface area contributed by atoms with Gasteiger partial charge in [0.25, 0.3) is 0 Å². The Morgan fingerprint density at radius 1 is 1.11 bits per heavy atom. The lowest BCUT2D eigenvalue weighted by molar-refractivity contribution is 0.122. The average Bonchev–Trinajstić information content (AvgIpc) is 3.61. The van der Waals surface area contributed by atoms with E-state index in [0.717, 1.165) is 58.4 Å². The van der Waals surface area contributed by atoms with E-state index in [1.807, 2.05) is 33.9 Å². The summed E-state index contributed by atoms with van der Waals surface area (Å²) < 4.78 is 9.36. The number of nitrogens with one attached hydrogen (secondary N) is 2. The summed E-state index contributed by atoms with van der Waals surface area (Å²) in [4.78, 5) is 14.9. The van der Waals surface area contributed by atoms with Gasteiger partial charge in [0.1, 0.15) is 5.82 Å². The van der Waals surface area contributed by atoms with Crippen LogP contribution in [0.4, 0.5) is 11.5 Å². The SMILES string of the molecule is CC(C)n1cc(-c2cnc3c(NCc4nc5cc(Cl)c(Cl)cc5[nH]4)cc(N4CCOCC4)nn23)cn1. The van der Waals surface area contributed by atoms with Crippen LogP contribution in [-0.2, 0) is 11.3 Å². The molecule has 5 aromatic rings. The van der Waals surface area contributed by atoms with Crippen molar-refractivity contribution in [1.29, 1.82) is 0 Å². The number of aromatic nitrogens is 7. The second-order valence-corrected chi connectivity index (χ2v) is 9.83. The van der Waals surface area contributed by atoms with Crippen LogP contribution in [-0.4, -0.2) is 60.6 Å². The Hall–Kier alpha value is -3.34. The highest BCUT2D eigenvalue weighted by molar-refractivity contribution is 6.42. The molecule has 1 aromatic carbocycles. The van der Waals surface area contributed by atoms with Crippen molar-refractivity contribution in [3.05, 3.63) is 52.7 Å². The number of hydrogen-bond donors (Lipinski definition) is 2. The van der Waals surface area contributed by atoms with Crippen LogP contribution in [0, 0.1) is 0 Å². The van der Waals surface area contributed by atoms with Gasteiger partial charge in [0.2, 0.25) is 0 Å². The monoisotopic (exact) mass is 525 g/mol. The van der Waals surface area contributed by atoms with Crippen molar-refractivity contribution in [3.63, 3.8) is 0 Å². The highest BCUT2D eigenvalue weighted by atomic mass is 35.5. The molecule has 0 aliphatic carbocycles. The smallest absolute Gasteiger partial charge is 0.177 e. The summed E-state index contributed by atoms with van der Waals surface area (Å²) in [5.74, 6) is 1.61. The van der Waals surface area contributed by atoms with E-state index in [-0.39, 0.29) is 6.04 Å². The van der Waals surface area contributed by atoms with Crippen molar-refractivity contribution in [2.75, 3.05) is 36.5 Å². The molecule has 1 aliphatic heterocycles. The molecule has 1 fully saturated rings. The second kappa shape index (κ2) is 9.27. The van der Waals surface area contributed by atoms with Gasteiger partial charge in [0, 0.05) is 37.0 Å². The minimum atomic E-state index is 0.264. The summed E-state index contributed by atoms with van der Waals surface area (Å²) in [6.07, 6.45) is 5.71. The van der Waals surface area contributed by atoms with Crippen LogP contribution >= 0.6 is 23.2 Å². The van der Waals surface area contributed by atoms with Crippen LogP contribution in [0.3, 0.4) is 0 Å². The fraction of sp³-hybridized carbons (Fsp3) is 0.333. The first kappa shape index (κ1) is 23.1. The number of aromatic amines is 1. The molecule has 0 unspecified atom stereocenters. The van der Waals surface area contributed by atoms with E-state index >= 15 is 0 Å². The Kier molecular flexibility index (Phi) is 5.94. The van der Waals surface area contributed by atoms with Crippen molar-refractivity contribution < 1.29 is 4.74 Å². The number of H-pyrrole nitrogens is 1. The van der Waals surface area contributed by atoms with Crippen molar-refractivity contribution in [2.24, 2.45) is 0 Å². The largest absolute Gasteiger partial charge is 0.378 e. The third kappa shape index (κ3) is 4.25. The number of benzene rings is 1. The molecule has 0 atom stereocenters. The Morgan fingerprint density at radius 2 is 1.92 bits per heavy atom. The van der Waals surface area contributed by atoms with Crippen molar-refractivity contribution in [1.82, 2.24) is 34.3 Å². The average molecular weight is 526 g/mol. The van der Waals surface area contributed by atoms with E-state index in [1.165, 1.54) is 0 Å². The summed E-state index contributed by atoms with van der Waals surface area (Å²) in [6.45, 7) is 7.55. The van der Waals surface area contributed by atoms with Crippen molar-refractivity contribution in [3.8, 4) is 11.3 Å². The van der Waals surface area contributed by atoms with Gasteiger partial charge in [0.15, 0.2) is 11.5 Å². The van der Waals surface area contributed by atoms with Gasteiger partial charge in [-0.2, -0.15) is 5.10 Å². The summed E-state index contributed by atoms with van der Waals surface area (Å²) in [5.41, 5.74) is 5.01. The van der Waals surface area contributed by atoms with Crippen LogP contribution in [0.15, 0.2) is 36.8 Å². The molecular weight excluding hydrogens is 501 g/mol. The zero-order chi connectivity index (χ0) is 24.8. The molecule has 0 spiro atoms. The van der Waals surface area contributed by atoms with Crippen molar-refractivity contribution >= 4 is 51.4 Å². The number of ether oxygens (including phenoxy) is 1. The lowest BCUT2D eigenvalue weighted by Crippen LogP contribution is -2.37. The molecule has 0 saturated carbocycles. The van der Waals surface area contributed by atoms with Gasteiger partial charge in [-0.1, -0.05) is 23.2 Å². The number of halogens is 2. The fourth-order valence-electron chi connectivity index (χ4n) is 4.30. The van der Waals surface area contributed by atoms with Crippen LogP contribution in [0.25, 0.3) is 27.9 Å². The van der Waals surface area contributed by atoms with E-state index in [9.17, 15) is 0 Å². The van der Waals surface area contributed by atoms with Gasteiger partial charge in [-0.15, -0.1) is 5.10 Å².